The summed E-state index contributed by atoms with van der Waals surface area (Å²) in [5.74, 6) is -1.74. The smallest absolute Gasteiger partial charge is 0.256 e. The number of rotatable bonds is 9. The van der Waals surface area contributed by atoms with Crippen molar-refractivity contribution in [2.24, 2.45) is 17.3 Å². The van der Waals surface area contributed by atoms with Crippen LogP contribution < -0.4 is 5.32 Å². The van der Waals surface area contributed by atoms with Crippen molar-refractivity contribution in [3.05, 3.63) is 0 Å². The first-order chi connectivity index (χ1) is 16.9. The van der Waals surface area contributed by atoms with E-state index < -0.39 is 53.9 Å². The van der Waals surface area contributed by atoms with E-state index in [1.54, 1.807) is 7.11 Å². The monoisotopic (exact) mass is 519 g/mol. The van der Waals surface area contributed by atoms with E-state index in [2.05, 4.69) is 19.2 Å². The van der Waals surface area contributed by atoms with E-state index in [-0.39, 0.29) is 37.4 Å². The standard InChI is InChI=1S/C25H45NO10/c1-13-10-25(32-8,36-15(3)14(13)2)20(28)22(29)26-23-19-18(33-12-34-23)21(31-7)24(4,5)17(35-19)9-16(11-27)30-6/h13-21,23,27-28H,9-12H2,1-8H3,(H,26,29)/t13-,14+,15+,16+,17+,18-,19-,20+,21+,23+,25+/m0/s1. The number of amides is 1. The van der Waals surface area contributed by atoms with Crippen molar-refractivity contribution in [1.82, 2.24) is 5.32 Å². The number of carbonyl (C=O) groups is 1. The molecule has 0 saturated carbocycles. The average molecular weight is 520 g/mol. The van der Waals surface area contributed by atoms with Crippen molar-refractivity contribution < 1.29 is 48.2 Å². The van der Waals surface area contributed by atoms with Gasteiger partial charge in [0.05, 0.1) is 31.0 Å². The molecule has 1 amide bonds. The Morgan fingerprint density at radius 1 is 1.14 bits per heavy atom. The van der Waals surface area contributed by atoms with Crippen LogP contribution in [0.4, 0.5) is 0 Å². The predicted molar refractivity (Wildman–Crippen MR) is 128 cm³/mol. The van der Waals surface area contributed by atoms with E-state index in [9.17, 15) is 15.0 Å². The molecular formula is C25H45NO10. The number of carbonyl (C=O) groups excluding carboxylic acids is 1. The van der Waals surface area contributed by atoms with Crippen molar-refractivity contribution >= 4 is 5.91 Å². The molecule has 3 aliphatic heterocycles. The lowest BCUT2D eigenvalue weighted by Gasteiger charge is -2.54. The van der Waals surface area contributed by atoms with Crippen LogP contribution in [-0.4, -0.2) is 106 Å². The molecule has 0 radical (unpaired) electrons. The summed E-state index contributed by atoms with van der Waals surface area (Å²) in [6.07, 6.45) is -4.41. The van der Waals surface area contributed by atoms with Gasteiger partial charge in [-0.1, -0.05) is 27.7 Å². The second kappa shape index (κ2) is 11.9. The Bertz CT molecular complexity index is 720. The van der Waals surface area contributed by atoms with E-state index in [4.69, 9.17) is 33.2 Å². The lowest BCUT2D eigenvalue weighted by Crippen LogP contribution is -2.69. The number of aliphatic hydroxyl groups is 2. The van der Waals surface area contributed by atoms with Gasteiger partial charge in [0, 0.05) is 39.6 Å². The highest BCUT2D eigenvalue weighted by molar-refractivity contribution is 5.82. The van der Waals surface area contributed by atoms with Gasteiger partial charge in [-0.05, 0) is 18.8 Å². The largest absolute Gasteiger partial charge is 0.394 e. The highest BCUT2D eigenvalue weighted by Crippen LogP contribution is 2.44. The minimum atomic E-state index is -1.59. The fraction of sp³-hybridized carbons (Fsp3) is 0.960. The third kappa shape index (κ3) is 5.60. The minimum Gasteiger partial charge on any atom is -0.394 e. The molecule has 0 spiro atoms. The Balaban J connectivity index is 1.79. The lowest BCUT2D eigenvalue weighted by atomic mass is 9.72. The molecule has 210 valence electrons. The van der Waals surface area contributed by atoms with Crippen LogP contribution in [0.3, 0.4) is 0 Å². The normalized spacial score (nSPS) is 42.3. The summed E-state index contributed by atoms with van der Waals surface area (Å²) in [4.78, 5) is 13.3. The molecule has 3 rings (SSSR count). The summed E-state index contributed by atoms with van der Waals surface area (Å²) in [6.45, 7) is 9.81. The van der Waals surface area contributed by atoms with Crippen molar-refractivity contribution in [2.75, 3.05) is 34.7 Å². The van der Waals surface area contributed by atoms with Crippen LogP contribution in [0.1, 0.15) is 47.5 Å². The minimum absolute atomic E-state index is 0.0823. The highest BCUT2D eigenvalue weighted by atomic mass is 16.7. The van der Waals surface area contributed by atoms with Crippen molar-refractivity contribution in [3.63, 3.8) is 0 Å². The van der Waals surface area contributed by atoms with Crippen LogP contribution in [0, 0.1) is 17.3 Å². The fourth-order valence-corrected chi connectivity index (χ4v) is 5.74. The van der Waals surface area contributed by atoms with Gasteiger partial charge in [0.1, 0.15) is 19.0 Å². The summed E-state index contributed by atoms with van der Waals surface area (Å²) >= 11 is 0. The van der Waals surface area contributed by atoms with Gasteiger partial charge in [0.15, 0.2) is 12.3 Å². The molecule has 0 bridgehead atoms. The van der Waals surface area contributed by atoms with Crippen molar-refractivity contribution in [3.8, 4) is 0 Å². The Hall–Kier alpha value is -0.890. The van der Waals surface area contributed by atoms with Gasteiger partial charge in [0.2, 0.25) is 5.79 Å². The van der Waals surface area contributed by atoms with Gasteiger partial charge in [0.25, 0.3) is 5.91 Å². The quantitative estimate of drug-likeness (QED) is 0.401. The van der Waals surface area contributed by atoms with Gasteiger partial charge >= 0.3 is 0 Å². The van der Waals surface area contributed by atoms with E-state index in [1.807, 2.05) is 20.8 Å². The van der Waals surface area contributed by atoms with E-state index >= 15 is 0 Å². The van der Waals surface area contributed by atoms with Gasteiger partial charge in [-0.2, -0.15) is 0 Å². The maximum atomic E-state index is 13.3. The molecule has 3 N–H and O–H groups in total. The number of nitrogens with one attached hydrogen (secondary N) is 1. The summed E-state index contributed by atoms with van der Waals surface area (Å²) in [6, 6.07) is 0. The molecule has 0 unspecified atom stereocenters. The van der Waals surface area contributed by atoms with Gasteiger partial charge in [-0.3, -0.25) is 4.79 Å². The molecule has 3 heterocycles. The predicted octanol–water partition coefficient (Wildman–Crippen LogP) is 0.792. The lowest BCUT2D eigenvalue weighted by molar-refractivity contribution is -0.334. The Morgan fingerprint density at radius 3 is 2.39 bits per heavy atom. The summed E-state index contributed by atoms with van der Waals surface area (Å²) in [5.41, 5.74) is -0.494. The number of methoxy groups -OCH3 is 3. The molecule has 0 aliphatic carbocycles. The topological polar surface area (TPSA) is 134 Å². The first kappa shape index (κ1) is 29.7. The summed E-state index contributed by atoms with van der Waals surface area (Å²) in [7, 11) is 4.57. The second-order valence-electron chi connectivity index (χ2n) is 11.0. The number of ether oxygens (including phenoxy) is 7. The zero-order valence-electron chi connectivity index (χ0n) is 22.8. The number of aliphatic hydroxyl groups excluding tert-OH is 2. The number of hydrogen-bond donors (Lipinski definition) is 3. The van der Waals surface area contributed by atoms with E-state index in [0.29, 0.717) is 12.8 Å². The fourth-order valence-electron chi connectivity index (χ4n) is 5.74. The van der Waals surface area contributed by atoms with Crippen molar-refractivity contribution in [1.29, 1.82) is 0 Å². The Kier molecular flexibility index (Phi) is 9.79. The zero-order valence-corrected chi connectivity index (χ0v) is 22.8. The molecule has 3 aliphatic rings. The van der Waals surface area contributed by atoms with E-state index in [0.717, 1.165) is 0 Å². The average Bonchev–Trinajstić information content (AvgIpc) is 2.85. The van der Waals surface area contributed by atoms with Crippen LogP contribution in [0.15, 0.2) is 0 Å². The molecule has 3 saturated heterocycles. The van der Waals surface area contributed by atoms with Gasteiger partial charge in [-0.25, -0.2) is 0 Å². The number of fused-ring (bicyclic) bond motifs is 1. The Morgan fingerprint density at radius 2 is 1.83 bits per heavy atom. The van der Waals surface area contributed by atoms with Crippen LogP contribution in [0.2, 0.25) is 0 Å². The van der Waals surface area contributed by atoms with Crippen LogP contribution in [-0.2, 0) is 38.0 Å². The molecule has 0 aromatic heterocycles. The number of hydrogen-bond acceptors (Lipinski definition) is 10. The van der Waals surface area contributed by atoms with Crippen LogP contribution in [0.5, 0.6) is 0 Å². The molecule has 0 aromatic rings. The molecule has 36 heavy (non-hydrogen) atoms. The molecule has 11 heteroatoms. The maximum Gasteiger partial charge on any atom is 0.256 e. The SMILES string of the molecule is CO[C@@H](CO)C[C@H]1O[C@H]2[C@H](OCO[C@H]2NC(=O)[C@@H](O)[C@@]2(OC)C[C@H](C)[C@@H](C)[C@@H](C)O2)[C@@H](OC)C1(C)C. The maximum absolute atomic E-state index is 13.3. The first-order valence-electron chi connectivity index (χ1n) is 12.7. The summed E-state index contributed by atoms with van der Waals surface area (Å²) in [5, 5.41) is 23.5. The first-order valence-corrected chi connectivity index (χ1v) is 12.7. The second-order valence-corrected chi connectivity index (χ2v) is 11.0. The molecule has 11 atom stereocenters. The van der Waals surface area contributed by atoms with Gasteiger partial charge < -0.3 is 48.7 Å². The van der Waals surface area contributed by atoms with Gasteiger partial charge in [-0.15, -0.1) is 0 Å². The summed E-state index contributed by atoms with van der Waals surface area (Å²) < 4.78 is 40.9. The Labute approximate surface area is 214 Å². The molecule has 0 aromatic carbocycles. The van der Waals surface area contributed by atoms with Crippen molar-refractivity contribution in [2.45, 2.75) is 102 Å². The van der Waals surface area contributed by atoms with Crippen LogP contribution in [0.25, 0.3) is 0 Å². The van der Waals surface area contributed by atoms with E-state index in [1.165, 1.54) is 14.2 Å². The molecule has 11 nitrogen and oxygen atoms in total. The third-order valence-corrected chi connectivity index (χ3v) is 8.51. The molecular weight excluding hydrogens is 474 g/mol. The zero-order chi connectivity index (χ0) is 26.8. The molecule has 3 fully saturated rings. The van der Waals surface area contributed by atoms with Crippen LogP contribution >= 0.6 is 0 Å². The highest BCUT2D eigenvalue weighted by Gasteiger charge is 2.57. The third-order valence-electron chi connectivity index (χ3n) is 8.51.